The van der Waals surface area contributed by atoms with Gasteiger partial charge in [-0.2, -0.15) is 0 Å². The van der Waals surface area contributed by atoms with E-state index >= 15 is 0 Å². The zero-order valence-corrected chi connectivity index (χ0v) is 19.2. The minimum Gasteiger partial charge on any atom is -0.486 e. The molecule has 0 radical (unpaired) electrons. The molecule has 0 unspecified atom stereocenters. The van der Waals surface area contributed by atoms with E-state index in [1.165, 1.54) is 28.6 Å². The number of nitrogens with zero attached hydrogens (tertiary/aromatic N) is 1. The number of aliphatic carboxylic acids is 1. The van der Waals surface area contributed by atoms with Gasteiger partial charge in [0.05, 0.1) is 17.1 Å². The van der Waals surface area contributed by atoms with Crippen LogP contribution in [0, 0.1) is 12.7 Å². The van der Waals surface area contributed by atoms with E-state index in [1.54, 1.807) is 43.3 Å². The van der Waals surface area contributed by atoms with E-state index in [0.717, 1.165) is 5.56 Å². The van der Waals surface area contributed by atoms with Crippen LogP contribution in [0.1, 0.15) is 18.4 Å². The van der Waals surface area contributed by atoms with Gasteiger partial charge < -0.3 is 9.84 Å². The monoisotopic (exact) mass is 489 g/mol. The molecule has 1 N–H and O–H groups in total. The summed E-state index contributed by atoms with van der Waals surface area (Å²) < 4.78 is 48.8. The highest BCUT2D eigenvalue weighted by atomic mass is 35.5. The van der Waals surface area contributed by atoms with Gasteiger partial charge in [0, 0.05) is 17.0 Å². The van der Waals surface area contributed by atoms with Crippen LogP contribution in [0.2, 0.25) is 5.02 Å². The average Bonchev–Trinajstić information content (AvgIpc) is 2.78. The van der Waals surface area contributed by atoms with Crippen molar-refractivity contribution in [2.75, 3.05) is 10.8 Å². The van der Waals surface area contributed by atoms with Crippen LogP contribution >= 0.6 is 11.6 Å². The van der Waals surface area contributed by atoms with Gasteiger partial charge in [-0.1, -0.05) is 29.8 Å². The maximum absolute atomic E-state index is 14.5. The summed E-state index contributed by atoms with van der Waals surface area (Å²) in [5.74, 6) is -1.22. The Morgan fingerprint density at radius 2 is 1.97 bits per heavy atom. The minimum atomic E-state index is -4.00. The van der Waals surface area contributed by atoms with E-state index in [4.69, 9.17) is 21.4 Å². The average molecular weight is 490 g/mol. The number of aryl methyl sites for hydroxylation is 1. The standard InChI is InChI=1S/C24H21ClFNO5S/c1-15-3-2-4-19(11-15)33(30,31)27-14-18(7-10-24(28)29)32-23-9-5-16(12-22(23)27)20-13-17(25)6-8-21(20)26/h2-6,8-9,11-13,18H,7,10,14H2,1H3,(H,28,29)/t18-/m0/s1. The number of fused-ring (bicyclic) bond motifs is 1. The molecule has 1 atom stereocenters. The topological polar surface area (TPSA) is 83.9 Å². The first kappa shape index (κ1) is 23.1. The van der Waals surface area contributed by atoms with Crippen LogP contribution in [0.3, 0.4) is 0 Å². The van der Waals surface area contributed by atoms with Crippen molar-refractivity contribution in [1.82, 2.24) is 0 Å². The molecule has 0 amide bonds. The predicted molar refractivity (Wildman–Crippen MR) is 124 cm³/mol. The Kier molecular flexibility index (Phi) is 6.32. The molecule has 6 nitrogen and oxygen atoms in total. The number of benzene rings is 3. The van der Waals surface area contributed by atoms with E-state index in [-0.39, 0.29) is 41.3 Å². The molecule has 3 aromatic rings. The van der Waals surface area contributed by atoms with E-state index in [2.05, 4.69) is 0 Å². The third-order valence-electron chi connectivity index (χ3n) is 5.39. The number of hydrogen-bond acceptors (Lipinski definition) is 4. The Balaban J connectivity index is 1.82. The van der Waals surface area contributed by atoms with Crippen LogP contribution in [-0.4, -0.2) is 32.1 Å². The molecule has 0 fully saturated rings. The summed E-state index contributed by atoms with van der Waals surface area (Å²) >= 11 is 6.04. The molecule has 0 aliphatic carbocycles. The zero-order valence-electron chi connectivity index (χ0n) is 17.7. The molecule has 1 heterocycles. The summed E-state index contributed by atoms with van der Waals surface area (Å²) in [7, 11) is -4.00. The molecule has 3 aromatic carbocycles. The second-order valence-corrected chi connectivity index (χ2v) is 10.1. The van der Waals surface area contributed by atoms with E-state index in [1.807, 2.05) is 0 Å². The lowest BCUT2D eigenvalue weighted by Gasteiger charge is -2.35. The Morgan fingerprint density at radius 3 is 2.70 bits per heavy atom. The van der Waals surface area contributed by atoms with Crippen LogP contribution in [0.25, 0.3) is 11.1 Å². The Labute approximate surface area is 196 Å². The van der Waals surface area contributed by atoms with Gasteiger partial charge in [-0.25, -0.2) is 12.8 Å². The maximum atomic E-state index is 14.5. The van der Waals surface area contributed by atoms with Gasteiger partial charge in [-0.3, -0.25) is 9.10 Å². The van der Waals surface area contributed by atoms with Crippen LogP contribution in [0.4, 0.5) is 10.1 Å². The molecule has 172 valence electrons. The van der Waals surface area contributed by atoms with Crippen molar-refractivity contribution in [2.24, 2.45) is 0 Å². The van der Waals surface area contributed by atoms with Crippen LogP contribution in [0.5, 0.6) is 5.75 Å². The first-order valence-corrected chi connectivity index (χ1v) is 12.0. The highest BCUT2D eigenvalue weighted by Crippen LogP contribution is 2.41. The lowest BCUT2D eigenvalue weighted by Crippen LogP contribution is -2.43. The Bertz CT molecular complexity index is 1330. The fourth-order valence-electron chi connectivity index (χ4n) is 3.76. The van der Waals surface area contributed by atoms with Crippen LogP contribution in [-0.2, 0) is 14.8 Å². The van der Waals surface area contributed by atoms with Crippen molar-refractivity contribution in [3.63, 3.8) is 0 Å². The van der Waals surface area contributed by atoms with Gasteiger partial charge in [0.25, 0.3) is 10.0 Å². The van der Waals surface area contributed by atoms with E-state index in [9.17, 15) is 17.6 Å². The highest BCUT2D eigenvalue weighted by Gasteiger charge is 2.35. The van der Waals surface area contributed by atoms with Crippen LogP contribution in [0.15, 0.2) is 65.6 Å². The summed E-state index contributed by atoms with van der Waals surface area (Å²) in [4.78, 5) is 11.2. The number of sulfonamides is 1. The lowest BCUT2D eigenvalue weighted by molar-refractivity contribution is -0.137. The molecule has 0 saturated heterocycles. The molecule has 0 saturated carbocycles. The smallest absolute Gasteiger partial charge is 0.303 e. The van der Waals surface area contributed by atoms with E-state index < -0.39 is 27.9 Å². The summed E-state index contributed by atoms with van der Waals surface area (Å²) in [5, 5.41) is 9.40. The lowest BCUT2D eigenvalue weighted by atomic mass is 10.0. The Hall–Kier alpha value is -3.10. The van der Waals surface area contributed by atoms with Crippen LogP contribution < -0.4 is 9.04 Å². The quantitative estimate of drug-likeness (QED) is 0.509. The molecule has 0 spiro atoms. The van der Waals surface area contributed by atoms with Gasteiger partial charge >= 0.3 is 5.97 Å². The third-order valence-corrected chi connectivity index (χ3v) is 7.40. The molecule has 1 aliphatic heterocycles. The van der Waals surface area contributed by atoms with Crippen molar-refractivity contribution >= 4 is 33.3 Å². The summed E-state index contributed by atoms with van der Waals surface area (Å²) in [6, 6.07) is 15.4. The normalized spacial score (nSPS) is 15.6. The number of hydrogen-bond donors (Lipinski definition) is 1. The van der Waals surface area contributed by atoms with Gasteiger partial charge in [0.2, 0.25) is 0 Å². The number of rotatable bonds is 6. The molecule has 0 aromatic heterocycles. The number of carbonyl (C=O) groups is 1. The number of halogens is 2. The zero-order chi connectivity index (χ0) is 23.8. The number of carboxylic acids is 1. The van der Waals surface area contributed by atoms with Gasteiger partial charge in [-0.05, 0) is 66.9 Å². The molecule has 4 rings (SSSR count). The molecule has 0 bridgehead atoms. The van der Waals surface area contributed by atoms with Gasteiger partial charge in [-0.15, -0.1) is 0 Å². The fourth-order valence-corrected chi connectivity index (χ4v) is 5.54. The SMILES string of the molecule is Cc1cccc(S(=O)(=O)N2C[C@H](CCC(=O)O)Oc3ccc(-c4cc(Cl)ccc4F)cc32)c1. The largest absolute Gasteiger partial charge is 0.486 e. The van der Waals surface area contributed by atoms with Gasteiger partial charge in [0.1, 0.15) is 17.7 Å². The molecular weight excluding hydrogens is 469 g/mol. The second kappa shape index (κ2) is 9.03. The number of anilines is 1. The molecular formula is C24H21ClFNO5S. The summed E-state index contributed by atoms with van der Waals surface area (Å²) in [6.45, 7) is 1.72. The maximum Gasteiger partial charge on any atom is 0.303 e. The van der Waals surface area contributed by atoms with Crippen molar-refractivity contribution in [1.29, 1.82) is 0 Å². The Morgan fingerprint density at radius 1 is 1.18 bits per heavy atom. The van der Waals surface area contributed by atoms with E-state index in [0.29, 0.717) is 10.6 Å². The predicted octanol–water partition coefficient (Wildman–Crippen LogP) is 5.28. The minimum absolute atomic E-state index is 0.0714. The van der Waals surface area contributed by atoms with Crippen molar-refractivity contribution in [3.05, 3.63) is 77.1 Å². The van der Waals surface area contributed by atoms with Crippen molar-refractivity contribution in [3.8, 4) is 16.9 Å². The number of ether oxygens (including phenoxy) is 1. The molecule has 1 aliphatic rings. The summed E-state index contributed by atoms with van der Waals surface area (Å²) in [6.07, 6.45) is -0.675. The highest BCUT2D eigenvalue weighted by molar-refractivity contribution is 7.92. The third kappa shape index (κ3) is 4.82. The number of carboxylic acid groups (broad SMARTS) is 1. The first-order valence-electron chi connectivity index (χ1n) is 10.2. The molecule has 33 heavy (non-hydrogen) atoms. The molecule has 9 heteroatoms. The fraction of sp³-hybridized carbons (Fsp3) is 0.208. The second-order valence-electron chi connectivity index (χ2n) is 7.83. The summed E-state index contributed by atoms with van der Waals surface area (Å²) in [5.41, 5.74) is 1.69. The van der Waals surface area contributed by atoms with Crippen molar-refractivity contribution in [2.45, 2.75) is 30.8 Å². The van der Waals surface area contributed by atoms with Crippen molar-refractivity contribution < 1.29 is 27.4 Å². The van der Waals surface area contributed by atoms with Gasteiger partial charge in [0.15, 0.2) is 0 Å². The first-order chi connectivity index (χ1) is 15.6.